The van der Waals surface area contributed by atoms with Crippen LogP contribution in [0.2, 0.25) is 0 Å². The molecule has 1 aromatic heterocycles. The lowest BCUT2D eigenvalue weighted by Gasteiger charge is -2.17. The summed E-state index contributed by atoms with van der Waals surface area (Å²) in [7, 11) is 1.71. The first kappa shape index (κ1) is 13.1. The molecule has 0 saturated heterocycles. The minimum Gasteiger partial charge on any atom is -0.368 e. The molecule has 3 aromatic rings. The second-order valence-corrected chi connectivity index (χ2v) is 4.65. The van der Waals surface area contributed by atoms with Crippen molar-refractivity contribution in [2.45, 2.75) is 0 Å². The zero-order valence-electron chi connectivity index (χ0n) is 11.5. The summed E-state index contributed by atoms with van der Waals surface area (Å²) in [5.41, 5.74) is 7.48. The number of nitrogen functional groups attached to an aromatic ring is 1. The Balaban J connectivity index is 2.10. The Hall–Kier alpha value is -2.95. The molecule has 0 unspecified atom stereocenters. The molecule has 21 heavy (non-hydrogen) atoms. The summed E-state index contributed by atoms with van der Waals surface area (Å²) < 4.78 is 0. The maximum Gasteiger partial charge on any atom is 0.277 e. The number of amides is 1. The molecule has 0 atom stereocenters. The van der Waals surface area contributed by atoms with Crippen molar-refractivity contribution in [3.05, 3.63) is 60.3 Å². The van der Waals surface area contributed by atoms with Crippen molar-refractivity contribution in [2.75, 3.05) is 17.7 Å². The molecule has 104 valence electrons. The average molecular weight is 278 g/mol. The van der Waals surface area contributed by atoms with Gasteiger partial charge in [0.15, 0.2) is 0 Å². The van der Waals surface area contributed by atoms with Gasteiger partial charge >= 0.3 is 0 Å². The fraction of sp³-hybridized carbons (Fsp3) is 0.0625. The van der Waals surface area contributed by atoms with Crippen LogP contribution in [0.15, 0.2) is 54.6 Å². The van der Waals surface area contributed by atoms with Crippen LogP contribution in [0.5, 0.6) is 0 Å². The number of hydrogen-bond donors (Lipinski definition) is 1. The summed E-state index contributed by atoms with van der Waals surface area (Å²) in [4.78, 5) is 22.5. The maximum atomic E-state index is 12.7. The van der Waals surface area contributed by atoms with Crippen LogP contribution < -0.4 is 10.6 Å². The van der Waals surface area contributed by atoms with Crippen LogP contribution in [0.3, 0.4) is 0 Å². The van der Waals surface area contributed by atoms with Crippen LogP contribution in [-0.2, 0) is 0 Å². The number of carbonyl (C=O) groups excluding carboxylic acids is 1. The Labute approximate surface area is 122 Å². The van der Waals surface area contributed by atoms with E-state index in [9.17, 15) is 4.79 Å². The van der Waals surface area contributed by atoms with Gasteiger partial charge in [-0.15, -0.1) is 0 Å². The Morgan fingerprint density at radius 3 is 2.43 bits per heavy atom. The molecule has 0 spiro atoms. The van der Waals surface area contributed by atoms with E-state index in [4.69, 9.17) is 5.73 Å². The number of anilines is 2. The fourth-order valence-electron chi connectivity index (χ4n) is 2.19. The van der Waals surface area contributed by atoms with Gasteiger partial charge in [0.1, 0.15) is 5.69 Å². The minimum absolute atomic E-state index is 0.0958. The van der Waals surface area contributed by atoms with Crippen molar-refractivity contribution in [1.82, 2.24) is 9.97 Å². The van der Waals surface area contributed by atoms with Crippen molar-refractivity contribution in [1.29, 1.82) is 0 Å². The number of nitrogens with two attached hydrogens (primary N) is 1. The molecule has 0 aliphatic carbocycles. The zero-order valence-corrected chi connectivity index (χ0v) is 11.5. The lowest BCUT2D eigenvalue weighted by Crippen LogP contribution is -2.27. The quantitative estimate of drug-likeness (QED) is 0.781. The molecule has 2 aromatic carbocycles. The Kier molecular flexibility index (Phi) is 3.23. The summed E-state index contributed by atoms with van der Waals surface area (Å²) in [5.74, 6) is -0.120. The standard InChI is InChI=1S/C16H14N4O/c1-20(11-7-3-2-4-8-11)15(21)14-12-9-5-6-10-13(12)18-16(17)19-14/h2-10H,1H3,(H2,17,18,19). The lowest BCUT2D eigenvalue weighted by molar-refractivity contribution is 0.0990. The van der Waals surface area contributed by atoms with Crippen molar-refractivity contribution >= 4 is 28.4 Å². The minimum atomic E-state index is -0.216. The summed E-state index contributed by atoms with van der Waals surface area (Å²) in [6, 6.07) is 16.7. The lowest BCUT2D eigenvalue weighted by atomic mass is 10.1. The van der Waals surface area contributed by atoms with E-state index in [0.717, 1.165) is 5.69 Å². The Morgan fingerprint density at radius 1 is 1.00 bits per heavy atom. The van der Waals surface area contributed by atoms with Crippen molar-refractivity contribution in [3.8, 4) is 0 Å². The van der Waals surface area contributed by atoms with E-state index in [1.54, 1.807) is 11.9 Å². The first-order chi connectivity index (χ1) is 10.2. The Bertz CT molecular complexity index is 802. The van der Waals surface area contributed by atoms with Gasteiger partial charge in [0.05, 0.1) is 5.52 Å². The van der Waals surface area contributed by atoms with Gasteiger partial charge in [0, 0.05) is 18.1 Å². The molecule has 3 rings (SSSR count). The predicted octanol–water partition coefficient (Wildman–Crippen LogP) is 2.49. The normalized spacial score (nSPS) is 10.5. The van der Waals surface area contributed by atoms with Gasteiger partial charge < -0.3 is 10.6 Å². The smallest absolute Gasteiger partial charge is 0.277 e. The maximum absolute atomic E-state index is 12.7. The first-order valence-corrected chi connectivity index (χ1v) is 6.52. The average Bonchev–Trinajstić information content (AvgIpc) is 2.53. The van der Waals surface area contributed by atoms with E-state index in [2.05, 4.69) is 9.97 Å². The van der Waals surface area contributed by atoms with E-state index in [-0.39, 0.29) is 11.9 Å². The van der Waals surface area contributed by atoms with Gasteiger partial charge in [-0.2, -0.15) is 0 Å². The van der Waals surface area contributed by atoms with Gasteiger partial charge in [-0.3, -0.25) is 4.79 Å². The number of nitrogens with zero attached hydrogens (tertiary/aromatic N) is 3. The summed E-state index contributed by atoms with van der Waals surface area (Å²) in [6.07, 6.45) is 0. The summed E-state index contributed by atoms with van der Waals surface area (Å²) in [5, 5.41) is 0.694. The van der Waals surface area contributed by atoms with Crippen molar-refractivity contribution < 1.29 is 4.79 Å². The number of rotatable bonds is 2. The first-order valence-electron chi connectivity index (χ1n) is 6.52. The van der Waals surface area contributed by atoms with Crippen LogP contribution in [0.25, 0.3) is 10.9 Å². The topological polar surface area (TPSA) is 72.1 Å². The molecule has 1 amide bonds. The van der Waals surface area contributed by atoms with Crippen LogP contribution in [0, 0.1) is 0 Å². The van der Waals surface area contributed by atoms with Gasteiger partial charge in [0.2, 0.25) is 5.95 Å². The highest BCUT2D eigenvalue weighted by molar-refractivity contribution is 6.12. The van der Waals surface area contributed by atoms with Crippen LogP contribution >= 0.6 is 0 Å². The van der Waals surface area contributed by atoms with Crippen LogP contribution in [-0.4, -0.2) is 22.9 Å². The van der Waals surface area contributed by atoms with Crippen LogP contribution in [0.4, 0.5) is 11.6 Å². The van der Waals surface area contributed by atoms with E-state index in [1.165, 1.54) is 0 Å². The van der Waals surface area contributed by atoms with Crippen LogP contribution in [0.1, 0.15) is 10.5 Å². The van der Waals surface area contributed by atoms with Crippen molar-refractivity contribution in [2.24, 2.45) is 0 Å². The largest absolute Gasteiger partial charge is 0.368 e. The highest BCUT2D eigenvalue weighted by Gasteiger charge is 2.18. The number of para-hydroxylation sites is 2. The zero-order chi connectivity index (χ0) is 14.8. The molecule has 0 saturated carbocycles. The second kappa shape index (κ2) is 5.20. The highest BCUT2D eigenvalue weighted by Crippen LogP contribution is 2.20. The summed E-state index contributed by atoms with van der Waals surface area (Å²) in [6.45, 7) is 0. The predicted molar refractivity (Wildman–Crippen MR) is 83.1 cm³/mol. The molecule has 0 bridgehead atoms. The molecule has 5 heteroatoms. The Morgan fingerprint density at radius 2 is 1.67 bits per heavy atom. The number of aromatic nitrogens is 2. The van der Waals surface area contributed by atoms with E-state index in [0.29, 0.717) is 16.6 Å². The fourth-order valence-corrected chi connectivity index (χ4v) is 2.19. The molecular formula is C16H14N4O. The van der Waals surface area contributed by atoms with E-state index < -0.39 is 0 Å². The summed E-state index contributed by atoms with van der Waals surface area (Å²) >= 11 is 0. The van der Waals surface area contributed by atoms with Crippen molar-refractivity contribution in [3.63, 3.8) is 0 Å². The molecule has 0 radical (unpaired) electrons. The monoisotopic (exact) mass is 278 g/mol. The van der Waals surface area contributed by atoms with Gasteiger partial charge in [-0.05, 0) is 18.2 Å². The number of benzene rings is 2. The third kappa shape index (κ3) is 2.41. The molecule has 1 heterocycles. The number of fused-ring (bicyclic) bond motifs is 1. The highest BCUT2D eigenvalue weighted by atomic mass is 16.2. The SMILES string of the molecule is CN(C(=O)c1nc(N)nc2ccccc12)c1ccccc1. The van der Waals surface area contributed by atoms with Gasteiger partial charge in [0.25, 0.3) is 5.91 Å². The van der Waals surface area contributed by atoms with E-state index >= 15 is 0 Å². The molecule has 5 nitrogen and oxygen atoms in total. The second-order valence-electron chi connectivity index (χ2n) is 4.65. The molecule has 2 N–H and O–H groups in total. The third-order valence-electron chi connectivity index (χ3n) is 3.27. The van der Waals surface area contributed by atoms with E-state index in [1.807, 2.05) is 54.6 Å². The molecule has 0 fully saturated rings. The number of carbonyl (C=O) groups is 1. The molecular weight excluding hydrogens is 264 g/mol. The van der Waals surface area contributed by atoms with Gasteiger partial charge in [-0.1, -0.05) is 36.4 Å². The third-order valence-corrected chi connectivity index (χ3v) is 3.27. The molecule has 0 aliphatic heterocycles. The number of hydrogen-bond acceptors (Lipinski definition) is 4. The van der Waals surface area contributed by atoms with Gasteiger partial charge in [-0.25, -0.2) is 9.97 Å². The molecule has 0 aliphatic rings.